The molecule has 2 aliphatic rings. The van der Waals surface area contributed by atoms with Crippen LogP contribution in [0.4, 0.5) is 11.4 Å². The number of nitrogens with zero attached hydrogens (tertiary/aromatic N) is 2. The number of nitrogens with one attached hydrogen (secondary N) is 1. The SMILES string of the molecule is CC[C@@H](C[C@H]1CCCN1)N1c2ccccc2Oc2cc(C(=O)N(CC)CC)ccc21. The zero-order valence-corrected chi connectivity index (χ0v) is 18.4. The molecule has 5 nitrogen and oxygen atoms in total. The summed E-state index contributed by atoms with van der Waals surface area (Å²) in [5.74, 6) is 1.68. The third kappa shape index (κ3) is 3.91. The van der Waals surface area contributed by atoms with Gasteiger partial charge in [0.25, 0.3) is 5.91 Å². The molecule has 0 aromatic heterocycles. The Morgan fingerprint density at radius 1 is 1.13 bits per heavy atom. The fourth-order valence-corrected chi connectivity index (χ4v) is 4.75. The smallest absolute Gasteiger partial charge is 0.253 e. The molecule has 2 aliphatic heterocycles. The van der Waals surface area contributed by atoms with Crippen molar-refractivity contribution in [3.8, 4) is 11.5 Å². The summed E-state index contributed by atoms with van der Waals surface area (Å²) in [6, 6.07) is 15.1. The Morgan fingerprint density at radius 3 is 2.60 bits per heavy atom. The summed E-state index contributed by atoms with van der Waals surface area (Å²) < 4.78 is 6.28. The molecule has 0 saturated carbocycles. The molecular formula is C25H33N3O2. The van der Waals surface area contributed by atoms with E-state index >= 15 is 0 Å². The van der Waals surface area contributed by atoms with Gasteiger partial charge in [-0.1, -0.05) is 19.1 Å². The molecule has 1 N–H and O–H groups in total. The largest absolute Gasteiger partial charge is 0.453 e. The van der Waals surface area contributed by atoms with E-state index in [9.17, 15) is 4.79 Å². The van der Waals surface area contributed by atoms with Crippen LogP contribution in [0, 0.1) is 0 Å². The van der Waals surface area contributed by atoms with Gasteiger partial charge in [-0.2, -0.15) is 0 Å². The normalized spacial score (nSPS) is 18.4. The second kappa shape index (κ2) is 9.09. The number of carbonyl (C=O) groups excluding carboxylic acids is 1. The van der Waals surface area contributed by atoms with Crippen molar-refractivity contribution in [3.63, 3.8) is 0 Å². The van der Waals surface area contributed by atoms with E-state index in [4.69, 9.17) is 4.74 Å². The van der Waals surface area contributed by atoms with Gasteiger partial charge in [0.1, 0.15) is 0 Å². The summed E-state index contributed by atoms with van der Waals surface area (Å²) in [6.45, 7) is 8.81. The lowest BCUT2D eigenvalue weighted by Gasteiger charge is -2.39. The summed E-state index contributed by atoms with van der Waals surface area (Å²) in [4.78, 5) is 17.2. The molecule has 2 heterocycles. The van der Waals surface area contributed by atoms with E-state index in [0.717, 1.165) is 42.3 Å². The average Bonchev–Trinajstić information content (AvgIpc) is 3.29. The zero-order chi connectivity index (χ0) is 21.1. The maximum absolute atomic E-state index is 12.9. The Morgan fingerprint density at radius 2 is 1.90 bits per heavy atom. The van der Waals surface area contributed by atoms with Gasteiger partial charge in [0, 0.05) is 30.7 Å². The standard InChI is InChI=1S/C25H33N3O2/c1-4-20(17-19-10-9-15-26-19)28-21-11-7-8-12-23(21)30-24-16-18(13-14-22(24)28)25(29)27(5-2)6-3/h7-8,11-14,16,19-20,26H,4-6,9-10,15,17H2,1-3H3/t19-,20+/m1/s1. The molecule has 1 fully saturated rings. The predicted octanol–water partition coefficient (Wildman–Crippen LogP) is 5.33. The van der Waals surface area contributed by atoms with Gasteiger partial charge in [0.15, 0.2) is 11.5 Å². The first kappa shape index (κ1) is 20.7. The van der Waals surface area contributed by atoms with Crippen LogP contribution < -0.4 is 15.0 Å². The third-order valence-corrected chi connectivity index (χ3v) is 6.42. The van der Waals surface area contributed by atoms with Crippen molar-refractivity contribution < 1.29 is 9.53 Å². The molecule has 1 amide bonds. The molecule has 0 unspecified atom stereocenters. The molecule has 2 aromatic rings. The van der Waals surface area contributed by atoms with Gasteiger partial charge in [0.2, 0.25) is 0 Å². The van der Waals surface area contributed by atoms with E-state index in [0.29, 0.717) is 30.7 Å². The number of para-hydroxylation sites is 2. The van der Waals surface area contributed by atoms with Gasteiger partial charge in [-0.3, -0.25) is 4.79 Å². The van der Waals surface area contributed by atoms with Crippen molar-refractivity contribution in [1.82, 2.24) is 10.2 Å². The maximum Gasteiger partial charge on any atom is 0.253 e. The van der Waals surface area contributed by atoms with Crippen LogP contribution >= 0.6 is 0 Å². The number of amides is 1. The second-order valence-corrected chi connectivity index (χ2v) is 8.19. The first-order chi connectivity index (χ1) is 14.7. The Hall–Kier alpha value is -2.53. The Balaban J connectivity index is 1.71. The van der Waals surface area contributed by atoms with Gasteiger partial charge in [0.05, 0.1) is 11.4 Å². The van der Waals surface area contributed by atoms with E-state index < -0.39 is 0 Å². The van der Waals surface area contributed by atoms with E-state index in [2.05, 4.69) is 35.3 Å². The molecule has 1 saturated heterocycles. The summed E-state index contributed by atoms with van der Waals surface area (Å²) in [7, 11) is 0. The molecule has 2 aromatic carbocycles. The Bertz CT molecular complexity index is 888. The van der Waals surface area contributed by atoms with Gasteiger partial charge in [-0.15, -0.1) is 0 Å². The lowest BCUT2D eigenvalue weighted by molar-refractivity contribution is 0.0772. The quantitative estimate of drug-likeness (QED) is 0.673. The highest BCUT2D eigenvalue weighted by Gasteiger charge is 2.32. The first-order valence-corrected chi connectivity index (χ1v) is 11.4. The minimum Gasteiger partial charge on any atom is -0.453 e. The van der Waals surface area contributed by atoms with Crippen LogP contribution in [-0.4, -0.2) is 42.5 Å². The van der Waals surface area contributed by atoms with E-state index in [1.165, 1.54) is 12.8 Å². The molecule has 4 rings (SSSR count). The topological polar surface area (TPSA) is 44.8 Å². The van der Waals surface area contributed by atoms with Crippen LogP contribution in [0.3, 0.4) is 0 Å². The number of carbonyl (C=O) groups is 1. The van der Waals surface area contributed by atoms with Crippen molar-refractivity contribution in [2.75, 3.05) is 24.5 Å². The summed E-state index contributed by atoms with van der Waals surface area (Å²) in [5, 5.41) is 3.65. The molecule has 0 radical (unpaired) electrons. The first-order valence-electron chi connectivity index (χ1n) is 11.4. The van der Waals surface area contributed by atoms with E-state index in [-0.39, 0.29) is 5.91 Å². The highest BCUT2D eigenvalue weighted by molar-refractivity contribution is 5.96. The number of anilines is 2. The number of fused-ring (bicyclic) bond motifs is 2. The minimum absolute atomic E-state index is 0.0546. The van der Waals surface area contributed by atoms with Crippen molar-refractivity contribution in [2.45, 2.75) is 58.5 Å². The molecule has 0 bridgehead atoms. The number of benzene rings is 2. The number of ether oxygens (including phenoxy) is 1. The van der Waals surface area contributed by atoms with Crippen LogP contribution in [-0.2, 0) is 0 Å². The van der Waals surface area contributed by atoms with E-state index in [1.807, 2.05) is 43.0 Å². The summed E-state index contributed by atoms with van der Waals surface area (Å²) in [5.41, 5.74) is 2.84. The Kier molecular flexibility index (Phi) is 6.28. The maximum atomic E-state index is 12.9. The average molecular weight is 408 g/mol. The molecule has 5 heteroatoms. The van der Waals surface area contributed by atoms with Crippen molar-refractivity contribution >= 4 is 17.3 Å². The minimum atomic E-state index is 0.0546. The monoisotopic (exact) mass is 407 g/mol. The Labute approximate surface area is 180 Å². The van der Waals surface area contributed by atoms with Crippen LogP contribution in [0.1, 0.15) is 56.8 Å². The van der Waals surface area contributed by atoms with Gasteiger partial charge >= 0.3 is 0 Å². The number of rotatable bonds is 7. The molecule has 2 atom stereocenters. The molecule has 0 aliphatic carbocycles. The number of hydrogen-bond acceptors (Lipinski definition) is 4. The molecule has 160 valence electrons. The van der Waals surface area contributed by atoms with Gasteiger partial charge < -0.3 is 19.9 Å². The fraction of sp³-hybridized carbons (Fsp3) is 0.480. The lowest BCUT2D eigenvalue weighted by Crippen LogP contribution is -2.38. The van der Waals surface area contributed by atoms with E-state index in [1.54, 1.807) is 0 Å². The molecule has 0 spiro atoms. The van der Waals surface area contributed by atoms with Crippen molar-refractivity contribution in [2.24, 2.45) is 0 Å². The van der Waals surface area contributed by atoms with Crippen molar-refractivity contribution in [3.05, 3.63) is 48.0 Å². The van der Waals surface area contributed by atoms with Gasteiger partial charge in [-0.05, 0) is 76.4 Å². The fourth-order valence-electron chi connectivity index (χ4n) is 4.75. The highest BCUT2D eigenvalue weighted by atomic mass is 16.5. The highest BCUT2D eigenvalue weighted by Crippen LogP contribution is 2.48. The van der Waals surface area contributed by atoms with Crippen LogP contribution in [0.15, 0.2) is 42.5 Å². The molecule has 30 heavy (non-hydrogen) atoms. The zero-order valence-electron chi connectivity index (χ0n) is 18.4. The second-order valence-electron chi connectivity index (χ2n) is 8.19. The van der Waals surface area contributed by atoms with Gasteiger partial charge in [-0.25, -0.2) is 0 Å². The number of hydrogen-bond donors (Lipinski definition) is 1. The predicted molar refractivity (Wildman–Crippen MR) is 122 cm³/mol. The van der Waals surface area contributed by atoms with Crippen molar-refractivity contribution in [1.29, 1.82) is 0 Å². The third-order valence-electron chi connectivity index (χ3n) is 6.42. The summed E-state index contributed by atoms with van der Waals surface area (Å²) in [6.07, 6.45) is 4.65. The van der Waals surface area contributed by atoms with Crippen LogP contribution in [0.5, 0.6) is 11.5 Å². The lowest BCUT2D eigenvalue weighted by atomic mass is 9.98. The summed E-state index contributed by atoms with van der Waals surface area (Å²) >= 11 is 0. The van der Waals surface area contributed by atoms with Crippen LogP contribution in [0.2, 0.25) is 0 Å². The van der Waals surface area contributed by atoms with Crippen LogP contribution in [0.25, 0.3) is 0 Å². The molecular weight excluding hydrogens is 374 g/mol.